The van der Waals surface area contributed by atoms with Gasteiger partial charge < -0.3 is 9.47 Å². The van der Waals surface area contributed by atoms with Gasteiger partial charge in [0, 0.05) is 16.2 Å². The van der Waals surface area contributed by atoms with Crippen molar-refractivity contribution in [3.8, 4) is 0 Å². The van der Waals surface area contributed by atoms with Gasteiger partial charge in [-0.05, 0) is 17.7 Å². The van der Waals surface area contributed by atoms with Gasteiger partial charge in [-0.2, -0.15) is 0 Å². The molecule has 1 heterocycles. The summed E-state index contributed by atoms with van der Waals surface area (Å²) in [6.07, 6.45) is 2.86. The molecule has 3 heteroatoms. The number of hydrogen-bond donors (Lipinski definition) is 0. The smallest absolute Gasteiger partial charge is 0.266 e. The van der Waals surface area contributed by atoms with Gasteiger partial charge in [-0.3, -0.25) is 0 Å². The number of ether oxygens (including phenoxy) is 2. The van der Waals surface area contributed by atoms with Crippen LogP contribution in [0.25, 0.3) is 0 Å². The van der Waals surface area contributed by atoms with Crippen LogP contribution in [0.3, 0.4) is 0 Å². The van der Waals surface area contributed by atoms with Gasteiger partial charge in [0.2, 0.25) is 0 Å². The molecule has 0 atom stereocenters. The van der Waals surface area contributed by atoms with E-state index in [1.54, 1.807) is 12.5 Å². The Morgan fingerprint density at radius 1 is 0.842 bits per heavy atom. The highest BCUT2D eigenvalue weighted by molar-refractivity contribution is 7.98. The lowest BCUT2D eigenvalue weighted by atomic mass is 10.2. The minimum absolute atomic E-state index is 0.284. The van der Waals surface area contributed by atoms with Crippen molar-refractivity contribution in [1.29, 1.82) is 0 Å². The van der Waals surface area contributed by atoms with E-state index in [0.717, 1.165) is 11.3 Å². The molecule has 0 aromatic heterocycles. The molecule has 0 radical (unpaired) electrons. The first kappa shape index (κ1) is 12.2. The minimum atomic E-state index is -0.284. The van der Waals surface area contributed by atoms with Crippen molar-refractivity contribution < 1.29 is 9.47 Å². The van der Waals surface area contributed by atoms with Crippen molar-refractivity contribution in [2.45, 2.75) is 16.9 Å². The molecule has 0 aliphatic carbocycles. The number of hydrogen-bond acceptors (Lipinski definition) is 3. The normalized spacial score (nSPS) is 14.1. The first-order chi connectivity index (χ1) is 9.42. The summed E-state index contributed by atoms with van der Waals surface area (Å²) in [5.41, 5.74) is 2.37. The molecule has 0 bridgehead atoms. The van der Waals surface area contributed by atoms with Gasteiger partial charge in [-0.1, -0.05) is 42.5 Å². The lowest BCUT2D eigenvalue weighted by Gasteiger charge is -2.10. The van der Waals surface area contributed by atoms with E-state index in [4.69, 9.17) is 9.47 Å². The highest BCUT2D eigenvalue weighted by Crippen LogP contribution is 2.27. The predicted octanol–water partition coefficient (Wildman–Crippen LogP) is 4.50. The Morgan fingerprint density at radius 3 is 2.21 bits per heavy atom. The van der Waals surface area contributed by atoms with Crippen molar-refractivity contribution in [2.24, 2.45) is 0 Å². The highest BCUT2D eigenvalue weighted by atomic mass is 32.2. The van der Waals surface area contributed by atoms with Crippen LogP contribution < -0.4 is 0 Å². The quantitative estimate of drug-likeness (QED) is 0.762. The molecule has 2 aromatic carbocycles. The summed E-state index contributed by atoms with van der Waals surface area (Å²) < 4.78 is 10.6. The Hall–Kier alpha value is -1.87. The maximum Gasteiger partial charge on any atom is 0.266 e. The summed E-state index contributed by atoms with van der Waals surface area (Å²) in [6, 6.07) is 18.8. The Balaban J connectivity index is 1.60. The van der Waals surface area contributed by atoms with Crippen LogP contribution in [-0.4, -0.2) is 0 Å². The Bertz CT molecular complexity index is 541. The zero-order valence-electron chi connectivity index (χ0n) is 10.4. The van der Waals surface area contributed by atoms with Crippen molar-refractivity contribution in [3.63, 3.8) is 0 Å². The fraction of sp³-hybridized carbons (Fsp3) is 0.125. The Labute approximate surface area is 117 Å². The van der Waals surface area contributed by atoms with Gasteiger partial charge in [0.05, 0.1) is 0 Å². The number of rotatable bonds is 4. The molecule has 0 fully saturated rings. The second-order valence-electron chi connectivity index (χ2n) is 4.22. The molecule has 0 saturated carbocycles. The van der Waals surface area contributed by atoms with Crippen molar-refractivity contribution in [1.82, 2.24) is 0 Å². The summed E-state index contributed by atoms with van der Waals surface area (Å²) >= 11 is 1.83. The maximum absolute atomic E-state index is 5.30. The molecule has 0 saturated heterocycles. The molecule has 0 N–H and O–H groups in total. The molecular weight excluding hydrogens is 256 g/mol. The van der Waals surface area contributed by atoms with Gasteiger partial charge in [-0.15, -0.1) is 11.8 Å². The molecule has 19 heavy (non-hydrogen) atoms. The van der Waals surface area contributed by atoms with E-state index >= 15 is 0 Å². The van der Waals surface area contributed by atoms with Crippen molar-refractivity contribution in [3.05, 3.63) is 78.2 Å². The summed E-state index contributed by atoms with van der Waals surface area (Å²) in [4.78, 5) is 1.25. The van der Waals surface area contributed by atoms with Gasteiger partial charge in [0.25, 0.3) is 6.29 Å². The summed E-state index contributed by atoms with van der Waals surface area (Å²) in [6.45, 7) is 0. The van der Waals surface area contributed by atoms with Crippen LogP contribution in [0.5, 0.6) is 0 Å². The molecular formula is C16H14O2S. The molecule has 3 rings (SSSR count). The molecule has 0 unspecified atom stereocenters. The summed E-state index contributed by atoms with van der Waals surface area (Å²) in [5, 5.41) is 0. The zero-order valence-corrected chi connectivity index (χ0v) is 11.2. The highest BCUT2D eigenvalue weighted by Gasteiger charge is 2.14. The third kappa shape index (κ3) is 3.12. The second kappa shape index (κ2) is 5.85. The van der Waals surface area contributed by atoms with E-state index < -0.39 is 0 Å². The molecule has 1 aliphatic heterocycles. The van der Waals surface area contributed by atoms with Gasteiger partial charge in [0.1, 0.15) is 12.5 Å². The summed E-state index contributed by atoms with van der Waals surface area (Å²) in [5.74, 6) is 0.984. The first-order valence-electron chi connectivity index (χ1n) is 6.14. The third-order valence-electron chi connectivity index (χ3n) is 2.86. The first-order valence-corrected chi connectivity index (χ1v) is 7.13. The largest absolute Gasteiger partial charge is 0.455 e. The standard InChI is InChI=1S/C16H14O2S/c1-2-4-13(5-3-1)12-19-15-8-6-14(7-9-15)16-17-10-11-18-16/h1-11,16H,12H2. The van der Waals surface area contributed by atoms with Crippen LogP contribution in [0.2, 0.25) is 0 Å². The number of thioether (sulfide) groups is 1. The minimum Gasteiger partial charge on any atom is -0.455 e. The van der Waals surface area contributed by atoms with E-state index in [0.29, 0.717) is 0 Å². The van der Waals surface area contributed by atoms with E-state index in [1.165, 1.54) is 10.5 Å². The van der Waals surface area contributed by atoms with E-state index in [1.807, 2.05) is 30.0 Å². The van der Waals surface area contributed by atoms with Crippen LogP contribution in [0.4, 0.5) is 0 Å². The van der Waals surface area contributed by atoms with E-state index in [2.05, 4.69) is 36.4 Å². The third-order valence-corrected chi connectivity index (χ3v) is 3.94. The zero-order chi connectivity index (χ0) is 12.9. The molecule has 2 nitrogen and oxygen atoms in total. The fourth-order valence-corrected chi connectivity index (χ4v) is 2.71. The van der Waals surface area contributed by atoms with Crippen molar-refractivity contribution in [2.75, 3.05) is 0 Å². The van der Waals surface area contributed by atoms with E-state index in [9.17, 15) is 0 Å². The molecule has 96 valence electrons. The molecule has 0 spiro atoms. The predicted molar refractivity (Wildman–Crippen MR) is 76.5 cm³/mol. The van der Waals surface area contributed by atoms with Gasteiger partial charge in [-0.25, -0.2) is 0 Å². The second-order valence-corrected chi connectivity index (χ2v) is 5.27. The van der Waals surface area contributed by atoms with Crippen LogP contribution >= 0.6 is 11.8 Å². The number of benzene rings is 2. The molecule has 2 aromatic rings. The van der Waals surface area contributed by atoms with Crippen LogP contribution in [0.1, 0.15) is 17.4 Å². The Kier molecular flexibility index (Phi) is 3.75. The maximum atomic E-state index is 5.30. The lowest BCUT2D eigenvalue weighted by molar-refractivity contribution is -0.0246. The van der Waals surface area contributed by atoms with Crippen molar-refractivity contribution >= 4 is 11.8 Å². The Morgan fingerprint density at radius 2 is 1.53 bits per heavy atom. The van der Waals surface area contributed by atoms with Gasteiger partial charge >= 0.3 is 0 Å². The van der Waals surface area contributed by atoms with Crippen LogP contribution in [-0.2, 0) is 15.2 Å². The fourth-order valence-electron chi connectivity index (χ4n) is 1.86. The molecule has 0 amide bonds. The SMILES string of the molecule is C1=COC(c2ccc(SCc3ccccc3)cc2)O1. The average Bonchev–Trinajstić information content (AvgIpc) is 3.01. The van der Waals surface area contributed by atoms with E-state index in [-0.39, 0.29) is 6.29 Å². The monoisotopic (exact) mass is 270 g/mol. The lowest BCUT2D eigenvalue weighted by Crippen LogP contribution is -1.96. The average molecular weight is 270 g/mol. The topological polar surface area (TPSA) is 18.5 Å². The van der Waals surface area contributed by atoms with Gasteiger partial charge in [0.15, 0.2) is 0 Å². The van der Waals surface area contributed by atoms with Crippen LogP contribution in [0, 0.1) is 0 Å². The summed E-state index contributed by atoms with van der Waals surface area (Å²) in [7, 11) is 0. The molecule has 1 aliphatic rings. The van der Waals surface area contributed by atoms with Crippen LogP contribution in [0.15, 0.2) is 72.0 Å².